The second-order valence-electron chi connectivity index (χ2n) is 5.76. The summed E-state index contributed by atoms with van der Waals surface area (Å²) in [5.41, 5.74) is 1.22. The van der Waals surface area contributed by atoms with Crippen LogP contribution in [0, 0.1) is 0 Å². The quantitative estimate of drug-likeness (QED) is 0.524. The Morgan fingerprint density at radius 2 is 1.75 bits per heavy atom. The summed E-state index contributed by atoms with van der Waals surface area (Å²) in [6.07, 6.45) is 1.74. The van der Waals surface area contributed by atoms with Crippen molar-refractivity contribution in [2.24, 2.45) is 0 Å². The van der Waals surface area contributed by atoms with Crippen molar-refractivity contribution in [1.29, 1.82) is 0 Å². The van der Waals surface area contributed by atoms with Gasteiger partial charge in [-0.1, -0.05) is 18.2 Å². The fourth-order valence-corrected chi connectivity index (χ4v) is 3.20. The minimum Gasteiger partial charge on any atom is -0.435 e. The fourth-order valence-electron chi connectivity index (χ4n) is 2.47. The Balaban J connectivity index is 2.30. The predicted octanol–water partition coefficient (Wildman–Crippen LogP) is 4.01. The fraction of sp³-hybridized carbons (Fsp3) is 0.350. The number of thiophene rings is 1. The molecule has 1 heterocycles. The molecule has 0 fully saturated rings. The average molecular weight is 411 g/mol. The molecule has 2 aromatic rings. The molecular formula is C20H23F2NO4S. The van der Waals surface area contributed by atoms with E-state index in [-0.39, 0.29) is 11.7 Å². The maximum absolute atomic E-state index is 13.2. The molecule has 0 saturated carbocycles. The van der Waals surface area contributed by atoms with Crippen molar-refractivity contribution in [3.63, 3.8) is 0 Å². The molecule has 1 amide bonds. The minimum atomic E-state index is -2.88. The molecule has 0 unspecified atom stereocenters. The summed E-state index contributed by atoms with van der Waals surface area (Å²) in [6, 6.07) is 9.90. The Hall–Kier alpha value is -2.29. The van der Waals surface area contributed by atoms with Gasteiger partial charge in [-0.05, 0) is 35.2 Å². The second-order valence-corrected chi connectivity index (χ2v) is 6.71. The summed E-state index contributed by atoms with van der Waals surface area (Å²) >= 11 is 1.45. The van der Waals surface area contributed by atoms with Gasteiger partial charge in [0.05, 0.1) is 18.8 Å². The topological polar surface area (TPSA) is 48.0 Å². The number of amides is 1. The molecule has 0 bridgehead atoms. The number of carbonyl (C=O) groups excluding carboxylic acids is 1. The number of nitrogens with zero attached hydrogens (tertiary/aromatic N) is 1. The van der Waals surface area contributed by atoms with E-state index >= 15 is 0 Å². The Kier molecular flexibility index (Phi) is 9.06. The van der Waals surface area contributed by atoms with Gasteiger partial charge < -0.3 is 19.1 Å². The van der Waals surface area contributed by atoms with E-state index < -0.39 is 6.61 Å². The maximum Gasteiger partial charge on any atom is 0.387 e. The lowest BCUT2D eigenvalue weighted by molar-refractivity contribution is -0.126. The molecule has 2 rings (SSSR count). The highest BCUT2D eigenvalue weighted by molar-refractivity contribution is 7.11. The van der Waals surface area contributed by atoms with Crippen molar-refractivity contribution in [3.05, 3.63) is 52.2 Å². The first-order valence-electron chi connectivity index (χ1n) is 8.62. The summed E-state index contributed by atoms with van der Waals surface area (Å²) in [7, 11) is 3.16. The zero-order valence-corrected chi connectivity index (χ0v) is 16.6. The highest BCUT2D eigenvalue weighted by Crippen LogP contribution is 2.26. The Bertz CT molecular complexity index is 740. The molecule has 8 heteroatoms. The van der Waals surface area contributed by atoms with Crippen LogP contribution in [0.5, 0.6) is 5.75 Å². The van der Waals surface area contributed by atoms with Gasteiger partial charge in [0.1, 0.15) is 5.75 Å². The van der Waals surface area contributed by atoms with E-state index in [9.17, 15) is 13.6 Å². The van der Waals surface area contributed by atoms with Gasteiger partial charge in [0, 0.05) is 32.2 Å². The third-order valence-corrected chi connectivity index (χ3v) is 4.75. The van der Waals surface area contributed by atoms with Crippen LogP contribution >= 0.6 is 11.3 Å². The van der Waals surface area contributed by atoms with E-state index in [1.165, 1.54) is 23.5 Å². The average Bonchev–Trinajstić information content (AvgIpc) is 3.21. The molecule has 0 N–H and O–H groups in total. The largest absolute Gasteiger partial charge is 0.435 e. The first kappa shape index (κ1) is 22.0. The van der Waals surface area contributed by atoms with Gasteiger partial charge in [-0.25, -0.2) is 0 Å². The molecule has 0 aliphatic heterocycles. The highest BCUT2D eigenvalue weighted by atomic mass is 32.1. The van der Waals surface area contributed by atoms with Crippen LogP contribution in [0.1, 0.15) is 10.4 Å². The zero-order valence-electron chi connectivity index (χ0n) is 15.8. The van der Waals surface area contributed by atoms with Crippen LogP contribution in [0.3, 0.4) is 0 Å². The number of benzene rings is 1. The predicted molar refractivity (Wildman–Crippen MR) is 106 cm³/mol. The number of ether oxygens (including phenoxy) is 3. The van der Waals surface area contributed by atoms with Crippen LogP contribution in [0.4, 0.5) is 8.78 Å². The molecule has 0 atom stereocenters. The number of hydrogen-bond acceptors (Lipinski definition) is 5. The molecule has 1 aromatic carbocycles. The first-order chi connectivity index (χ1) is 13.5. The molecule has 1 aromatic heterocycles. The summed E-state index contributed by atoms with van der Waals surface area (Å²) in [5.74, 6) is -0.0811. The summed E-state index contributed by atoms with van der Waals surface area (Å²) < 4.78 is 39.2. The van der Waals surface area contributed by atoms with E-state index in [1.807, 2.05) is 17.5 Å². The Morgan fingerprint density at radius 3 is 2.25 bits per heavy atom. The van der Waals surface area contributed by atoms with Crippen LogP contribution in [0.2, 0.25) is 0 Å². The number of rotatable bonds is 11. The van der Waals surface area contributed by atoms with Gasteiger partial charge in [-0.15, -0.1) is 11.3 Å². The van der Waals surface area contributed by atoms with Gasteiger partial charge >= 0.3 is 6.61 Å². The van der Waals surface area contributed by atoms with Gasteiger partial charge in [0.15, 0.2) is 0 Å². The second kappa shape index (κ2) is 11.5. The van der Waals surface area contributed by atoms with E-state index in [4.69, 9.17) is 9.47 Å². The Labute approximate surface area is 167 Å². The van der Waals surface area contributed by atoms with Crippen molar-refractivity contribution >= 4 is 28.9 Å². The molecule has 28 heavy (non-hydrogen) atoms. The van der Waals surface area contributed by atoms with Crippen molar-refractivity contribution in [2.75, 3.05) is 40.5 Å². The Morgan fingerprint density at radius 1 is 1.11 bits per heavy atom. The molecule has 0 saturated heterocycles. The molecule has 0 aliphatic carbocycles. The van der Waals surface area contributed by atoms with Crippen LogP contribution in [-0.4, -0.2) is 57.9 Å². The number of hydrogen-bond donors (Lipinski definition) is 0. The number of carbonyl (C=O) groups is 1. The molecule has 0 radical (unpaired) electrons. The minimum absolute atomic E-state index is 0.0676. The van der Waals surface area contributed by atoms with Crippen LogP contribution < -0.4 is 4.74 Å². The van der Waals surface area contributed by atoms with Gasteiger partial charge in [0.2, 0.25) is 0 Å². The van der Waals surface area contributed by atoms with Crippen molar-refractivity contribution in [2.45, 2.75) is 6.61 Å². The van der Waals surface area contributed by atoms with Crippen molar-refractivity contribution in [3.8, 4) is 5.75 Å². The smallest absolute Gasteiger partial charge is 0.387 e. The van der Waals surface area contributed by atoms with Crippen LogP contribution in [0.15, 0.2) is 41.8 Å². The third kappa shape index (κ3) is 6.70. The number of methoxy groups -OCH3 is 2. The van der Waals surface area contributed by atoms with Crippen molar-refractivity contribution < 1.29 is 27.8 Å². The van der Waals surface area contributed by atoms with E-state index in [0.29, 0.717) is 37.4 Å². The molecule has 0 spiro atoms. The first-order valence-corrected chi connectivity index (χ1v) is 9.50. The third-order valence-electron chi connectivity index (χ3n) is 3.85. The summed E-state index contributed by atoms with van der Waals surface area (Å²) in [4.78, 5) is 15.7. The van der Waals surface area contributed by atoms with Crippen molar-refractivity contribution in [1.82, 2.24) is 4.90 Å². The van der Waals surface area contributed by atoms with E-state index in [1.54, 1.807) is 37.3 Å². The lowest BCUT2D eigenvalue weighted by Gasteiger charge is -2.23. The molecule has 5 nitrogen and oxygen atoms in total. The van der Waals surface area contributed by atoms with Gasteiger partial charge in [-0.2, -0.15) is 8.78 Å². The molecule has 0 aliphatic rings. The maximum atomic E-state index is 13.2. The van der Waals surface area contributed by atoms with E-state index in [2.05, 4.69) is 4.74 Å². The monoisotopic (exact) mass is 411 g/mol. The highest BCUT2D eigenvalue weighted by Gasteiger charge is 2.20. The van der Waals surface area contributed by atoms with Gasteiger partial charge in [0.25, 0.3) is 5.91 Å². The summed E-state index contributed by atoms with van der Waals surface area (Å²) in [6.45, 7) is -1.19. The normalized spacial score (nSPS) is 11.7. The molecule has 152 valence electrons. The zero-order chi connectivity index (χ0) is 20.4. The standard InChI is InChI=1S/C20H23F2NO4S/c1-25-11-9-23(10-12-26-2)19(24)17(18-4-3-13-28-18)14-15-5-7-16(8-6-15)27-20(21)22/h3-8,13-14,20H,9-12H2,1-2H3/b17-14+. The SMILES string of the molecule is COCCN(CCOC)C(=O)/C(=C/c1ccc(OC(F)F)cc1)c1cccs1. The number of alkyl halides is 2. The van der Waals surface area contributed by atoms with E-state index in [0.717, 1.165) is 4.88 Å². The summed E-state index contributed by atoms with van der Waals surface area (Å²) in [5, 5.41) is 1.89. The lowest BCUT2D eigenvalue weighted by atomic mass is 10.1. The lowest BCUT2D eigenvalue weighted by Crippen LogP contribution is -2.36. The number of halogens is 2. The van der Waals surface area contributed by atoms with Crippen LogP contribution in [0.25, 0.3) is 11.6 Å². The molecular weight excluding hydrogens is 388 g/mol. The van der Waals surface area contributed by atoms with Gasteiger partial charge in [-0.3, -0.25) is 4.79 Å². The van der Waals surface area contributed by atoms with Crippen LogP contribution in [-0.2, 0) is 14.3 Å².